The van der Waals surface area contributed by atoms with Gasteiger partial charge in [-0.1, -0.05) is 13.0 Å². The van der Waals surface area contributed by atoms with Crippen LogP contribution >= 0.6 is 0 Å². The van der Waals surface area contributed by atoms with Gasteiger partial charge in [-0.2, -0.15) is 0 Å². The Kier molecular flexibility index (Phi) is 8.33. The van der Waals surface area contributed by atoms with E-state index >= 15 is 0 Å². The van der Waals surface area contributed by atoms with E-state index in [4.69, 9.17) is 9.47 Å². The number of hydrogen-bond acceptors (Lipinski definition) is 7. The molecule has 4 aliphatic rings. The number of piperidine rings is 1. The number of benzene rings is 1. The second-order valence-electron chi connectivity index (χ2n) is 10.8. The number of allylic oxidation sites excluding steroid dienone is 3. The number of carbonyl (C=O) groups excluding carboxylic acids is 2. The molecule has 2 N–H and O–H groups in total. The van der Waals surface area contributed by atoms with Gasteiger partial charge in [-0.3, -0.25) is 9.59 Å². The lowest BCUT2D eigenvalue weighted by Gasteiger charge is -2.34. The summed E-state index contributed by atoms with van der Waals surface area (Å²) in [7, 11) is 0. The fourth-order valence-electron chi connectivity index (χ4n) is 5.92. The number of aliphatic hydroxyl groups is 1. The number of ketones is 1. The third-order valence-corrected chi connectivity index (χ3v) is 8.04. The molecule has 8 nitrogen and oxygen atoms in total. The van der Waals surface area contributed by atoms with Crippen LogP contribution in [0.25, 0.3) is 0 Å². The lowest BCUT2D eigenvalue weighted by Crippen LogP contribution is -2.49. The number of halogens is 1. The predicted octanol–water partition coefficient (Wildman–Crippen LogP) is 3.12. The van der Waals surface area contributed by atoms with Crippen molar-refractivity contribution in [3.8, 4) is 11.5 Å². The van der Waals surface area contributed by atoms with E-state index in [0.717, 1.165) is 45.4 Å². The largest absolute Gasteiger partial charge is 0.486 e. The summed E-state index contributed by atoms with van der Waals surface area (Å²) >= 11 is 0. The number of nitrogens with one attached hydrogen (secondary N) is 1. The molecule has 1 aliphatic carbocycles. The lowest BCUT2D eigenvalue weighted by molar-refractivity contribution is -0.137. The maximum atomic E-state index is 14.7. The standard InChI is InChI=1S/C29H38FN3O5/c1-19-15-21(33-11-3-2-4-12-33)7-8-22(19)27(35)29(36)31-24(18-32-9-5-6-10-32)26(34)20-16-23(30)28-25(17-20)37-13-14-38-28/h7-8,16-17,19,24,26,34H,2-6,9-15,18H2,1H3,(H,31,36)/t19?,24-,26-/m1/s1. The van der Waals surface area contributed by atoms with Gasteiger partial charge in [-0.05, 0) is 81.3 Å². The van der Waals surface area contributed by atoms with Crippen LogP contribution in [0.5, 0.6) is 11.5 Å². The number of Topliss-reactive ketones (excluding diaryl/α,β-unsaturated/α-hetero) is 1. The van der Waals surface area contributed by atoms with Crippen molar-refractivity contribution in [1.82, 2.24) is 15.1 Å². The number of aliphatic hydroxyl groups excluding tert-OH is 1. The van der Waals surface area contributed by atoms with E-state index in [1.54, 1.807) is 12.1 Å². The average molecular weight is 528 g/mol. The van der Waals surface area contributed by atoms with Gasteiger partial charge in [-0.15, -0.1) is 0 Å². The van der Waals surface area contributed by atoms with Gasteiger partial charge in [0.1, 0.15) is 19.3 Å². The predicted molar refractivity (Wildman–Crippen MR) is 140 cm³/mol. The molecular weight excluding hydrogens is 489 g/mol. The van der Waals surface area contributed by atoms with Gasteiger partial charge in [0.2, 0.25) is 5.78 Å². The second-order valence-corrected chi connectivity index (χ2v) is 10.8. The zero-order chi connectivity index (χ0) is 26.6. The fraction of sp³-hybridized carbons (Fsp3) is 0.586. The summed E-state index contributed by atoms with van der Waals surface area (Å²) in [5.41, 5.74) is 1.96. The van der Waals surface area contributed by atoms with E-state index in [1.807, 2.05) is 13.0 Å². The number of likely N-dealkylation sites (tertiary alicyclic amines) is 2. The van der Waals surface area contributed by atoms with E-state index in [0.29, 0.717) is 12.1 Å². The highest BCUT2D eigenvalue weighted by Crippen LogP contribution is 2.36. The molecule has 1 unspecified atom stereocenters. The Morgan fingerprint density at radius 2 is 1.76 bits per heavy atom. The average Bonchev–Trinajstić information content (AvgIpc) is 3.45. The van der Waals surface area contributed by atoms with Crippen LogP contribution in [0.15, 0.2) is 35.6 Å². The highest BCUT2D eigenvalue weighted by atomic mass is 19.1. The molecule has 0 saturated carbocycles. The first-order valence-corrected chi connectivity index (χ1v) is 13.9. The Morgan fingerprint density at radius 1 is 1.05 bits per heavy atom. The molecule has 3 atom stereocenters. The normalized spacial score (nSPS) is 23.3. The molecule has 0 radical (unpaired) electrons. The highest BCUT2D eigenvalue weighted by molar-refractivity contribution is 6.42. The number of fused-ring (bicyclic) bond motifs is 1. The molecule has 2 fully saturated rings. The van der Waals surface area contributed by atoms with Crippen LogP contribution < -0.4 is 14.8 Å². The fourth-order valence-corrected chi connectivity index (χ4v) is 5.92. The van der Waals surface area contributed by atoms with Crippen molar-refractivity contribution in [3.05, 3.63) is 46.9 Å². The van der Waals surface area contributed by atoms with Gasteiger partial charge >= 0.3 is 0 Å². The molecule has 206 valence electrons. The lowest BCUT2D eigenvalue weighted by atomic mass is 9.87. The Morgan fingerprint density at radius 3 is 2.50 bits per heavy atom. The Balaban J connectivity index is 1.32. The van der Waals surface area contributed by atoms with Gasteiger partial charge in [0.25, 0.3) is 5.91 Å². The van der Waals surface area contributed by atoms with Crippen molar-refractivity contribution >= 4 is 11.7 Å². The molecule has 0 bridgehead atoms. The Hall–Kier alpha value is -2.91. The van der Waals surface area contributed by atoms with Crippen molar-refractivity contribution in [2.75, 3.05) is 45.9 Å². The minimum atomic E-state index is -1.24. The van der Waals surface area contributed by atoms with Crippen LogP contribution in [0, 0.1) is 11.7 Å². The highest BCUT2D eigenvalue weighted by Gasteiger charge is 2.33. The first kappa shape index (κ1) is 26.7. The van der Waals surface area contributed by atoms with Crippen LogP contribution in [0.4, 0.5) is 4.39 Å². The minimum absolute atomic E-state index is 0.0257. The number of rotatable bonds is 8. The molecule has 5 rings (SSSR count). The molecular formula is C29H38FN3O5. The van der Waals surface area contributed by atoms with Gasteiger partial charge < -0.3 is 29.7 Å². The van der Waals surface area contributed by atoms with Gasteiger partial charge in [0, 0.05) is 30.9 Å². The number of hydrogen-bond donors (Lipinski definition) is 2. The molecule has 38 heavy (non-hydrogen) atoms. The molecule has 1 aromatic rings. The molecule has 9 heteroatoms. The molecule has 3 heterocycles. The first-order valence-electron chi connectivity index (χ1n) is 13.9. The van der Waals surface area contributed by atoms with Crippen molar-refractivity contribution in [3.63, 3.8) is 0 Å². The van der Waals surface area contributed by atoms with E-state index < -0.39 is 29.7 Å². The molecule has 2 saturated heterocycles. The van der Waals surface area contributed by atoms with Crippen molar-refractivity contribution < 1.29 is 28.6 Å². The minimum Gasteiger partial charge on any atom is -0.486 e. The van der Waals surface area contributed by atoms with E-state index in [9.17, 15) is 19.1 Å². The van der Waals surface area contributed by atoms with E-state index in [1.165, 1.54) is 31.0 Å². The zero-order valence-corrected chi connectivity index (χ0v) is 22.1. The first-order chi connectivity index (χ1) is 18.4. The van der Waals surface area contributed by atoms with Gasteiger partial charge in [-0.25, -0.2) is 4.39 Å². The summed E-state index contributed by atoms with van der Waals surface area (Å²) in [5.74, 6) is -1.79. The number of nitrogens with zero attached hydrogens (tertiary/aromatic N) is 2. The number of ether oxygens (including phenoxy) is 2. The topological polar surface area (TPSA) is 91.3 Å². The van der Waals surface area contributed by atoms with Crippen LogP contribution in [-0.4, -0.2) is 78.6 Å². The van der Waals surface area contributed by atoms with E-state index in [2.05, 4.69) is 15.1 Å². The SMILES string of the molecule is CC1CC(N2CCCCC2)=CC=C1C(=O)C(=O)N[C@H](CN1CCCC1)[C@H](O)c1cc(F)c2c(c1)OCCO2. The number of amides is 1. The Bertz CT molecular complexity index is 1110. The summed E-state index contributed by atoms with van der Waals surface area (Å²) in [6, 6.07) is 1.96. The summed E-state index contributed by atoms with van der Waals surface area (Å²) < 4.78 is 25.6. The van der Waals surface area contributed by atoms with Crippen molar-refractivity contribution in [1.29, 1.82) is 0 Å². The summed E-state index contributed by atoms with van der Waals surface area (Å²) in [6.07, 6.45) is 8.91. The van der Waals surface area contributed by atoms with Crippen LogP contribution in [0.2, 0.25) is 0 Å². The number of carbonyl (C=O) groups is 2. The molecule has 0 spiro atoms. The Labute approximate surface area is 223 Å². The quantitative estimate of drug-likeness (QED) is 0.502. The van der Waals surface area contributed by atoms with Crippen LogP contribution in [-0.2, 0) is 9.59 Å². The van der Waals surface area contributed by atoms with Gasteiger partial charge in [0.05, 0.1) is 6.04 Å². The summed E-state index contributed by atoms with van der Waals surface area (Å²) in [5, 5.41) is 14.1. The third-order valence-electron chi connectivity index (χ3n) is 8.04. The van der Waals surface area contributed by atoms with Crippen LogP contribution in [0.1, 0.15) is 57.1 Å². The molecule has 1 aromatic carbocycles. The maximum absolute atomic E-state index is 14.7. The second kappa shape index (κ2) is 11.9. The smallest absolute Gasteiger partial charge is 0.292 e. The summed E-state index contributed by atoms with van der Waals surface area (Å²) in [6.45, 7) is 6.62. The monoisotopic (exact) mass is 527 g/mol. The van der Waals surface area contributed by atoms with Crippen molar-refractivity contribution in [2.45, 2.75) is 57.6 Å². The molecule has 1 amide bonds. The van der Waals surface area contributed by atoms with E-state index in [-0.39, 0.29) is 36.2 Å². The maximum Gasteiger partial charge on any atom is 0.292 e. The molecule has 0 aromatic heterocycles. The van der Waals surface area contributed by atoms with Crippen LogP contribution in [0.3, 0.4) is 0 Å². The van der Waals surface area contributed by atoms with Crippen molar-refractivity contribution in [2.24, 2.45) is 5.92 Å². The van der Waals surface area contributed by atoms with Gasteiger partial charge in [0.15, 0.2) is 17.3 Å². The third kappa shape index (κ3) is 5.89. The summed E-state index contributed by atoms with van der Waals surface area (Å²) in [4.78, 5) is 31.0. The molecule has 3 aliphatic heterocycles. The zero-order valence-electron chi connectivity index (χ0n) is 22.1.